The molecule has 3 aromatic rings. The Bertz CT molecular complexity index is 938. The zero-order chi connectivity index (χ0) is 19.8. The van der Waals surface area contributed by atoms with Crippen LogP contribution < -0.4 is 10.6 Å². The highest BCUT2D eigenvalue weighted by molar-refractivity contribution is 6.05. The molecule has 5 nitrogen and oxygen atoms in total. The van der Waals surface area contributed by atoms with Gasteiger partial charge in [-0.3, -0.25) is 10.1 Å². The number of carbonyl (C=O) groups excluding carboxylic acids is 2. The first-order valence-electron chi connectivity index (χ1n) is 9.12. The molecule has 28 heavy (non-hydrogen) atoms. The number of ether oxygens (including phenoxy) is 1. The van der Waals surface area contributed by atoms with E-state index in [1.54, 1.807) is 31.2 Å². The van der Waals surface area contributed by atoms with Crippen molar-refractivity contribution < 1.29 is 14.3 Å². The molecule has 3 rings (SSSR count). The van der Waals surface area contributed by atoms with E-state index in [1.165, 1.54) is 5.56 Å². The van der Waals surface area contributed by atoms with Crippen LogP contribution in [0.15, 0.2) is 78.9 Å². The number of nitrogens with one attached hydrogen (secondary N) is 2. The topological polar surface area (TPSA) is 67.4 Å². The molecule has 0 radical (unpaired) electrons. The average Bonchev–Trinajstić information content (AvgIpc) is 2.71. The van der Waals surface area contributed by atoms with E-state index in [-0.39, 0.29) is 5.91 Å². The number of hydrogen-bond acceptors (Lipinski definition) is 3. The lowest BCUT2D eigenvalue weighted by molar-refractivity contribution is 0.102. The van der Waals surface area contributed by atoms with Gasteiger partial charge in [-0.25, -0.2) is 4.79 Å². The minimum absolute atomic E-state index is 0.205. The van der Waals surface area contributed by atoms with Crippen LogP contribution in [0.2, 0.25) is 0 Å². The molecule has 2 N–H and O–H groups in total. The summed E-state index contributed by atoms with van der Waals surface area (Å²) in [5.74, 6) is -0.205. The number of hydrogen-bond donors (Lipinski definition) is 2. The smallest absolute Gasteiger partial charge is 0.411 e. The van der Waals surface area contributed by atoms with Gasteiger partial charge in [0.2, 0.25) is 0 Å². The van der Waals surface area contributed by atoms with E-state index in [2.05, 4.69) is 22.8 Å². The van der Waals surface area contributed by atoms with Gasteiger partial charge in [-0.1, -0.05) is 48.5 Å². The quantitative estimate of drug-likeness (QED) is 0.631. The summed E-state index contributed by atoms with van der Waals surface area (Å²) in [6, 6.07) is 24.5. The first-order chi connectivity index (χ1) is 13.7. The molecule has 0 heterocycles. The number of anilines is 2. The maximum atomic E-state index is 12.6. The zero-order valence-electron chi connectivity index (χ0n) is 15.6. The molecular weight excluding hydrogens is 352 g/mol. The minimum atomic E-state index is -0.519. The maximum absolute atomic E-state index is 12.6. The van der Waals surface area contributed by atoms with Crippen LogP contribution in [0.1, 0.15) is 28.4 Å². The first kappa shape index (κ1) is 19.2. The van der Waals surface area contributed by atoms with Gasteiger partial charge in [0.15, 0.2) is 0 Å². The van der Waals surface area contributed by atoms with Gasteiger partial charge in [0.1, 0.15) is 0 Å². The predicted octanol–water partition coefficient (Wildman–Crippen LogP) is 5.10. The number of rotatable bonds is 6. The summed E-state index contributed by atoms with van der Waals surface area (Å²) in [5, 5.41) is 5.58. The minimum Gasteiger partial charge on any atom is -0.450 e. The van der Waals surface area contributed by atoms with Gasteiger partial charge < -0.3 is 10.1 Å². The van der Waals surface area contributed by atoms with E-state index in [4.69, 9.17) is 4.74 Å². The lowest BCUT2D eigenvalue weighted by Crippen LogP contribution is -2.15. The van der Waals surface area contributed by atoms with Crippen LogP contribution in [0.5, 0.6) is 0 Å². The molecule has 0 saturated heterocycles. The summed E-state index contributed by atoms with van der Waals surface area (Å²) in [5.41, 5.74) is 4.08. The van der Waals surface area contributed by atoms with Crippen molar-refractivity contribution in [2.24, 2.45) is 0 Å². The van der Waals surface area contributed by atoms with Crippen LogP contribution in [-0.2, 0) is 11.2 Å². The predicted molar refractivity (Wildman–Crippen MR) is 111 cm³/mol. The van der Waals surface area contributed by atoms with E-state index < -0.39 is 6.09 Å². The Morgan fingerprint density at radius 1 is 0.821 bits per heavy atom. The van der Waals surface area contributed by atoms with Crippen LogP contribution >= 0.6 is 0 Å². The molecule has 0 spiro atoms. The molecule has 0 aliphatic rings. The van der Waals surface area contributed by atoms with Gasteiger partial charge in [0.25, 0.3) is 5.91 Å². The van der Waals surface area contributed by atoms with Crippen LogP contribution in [0.25, 0.3) is 0 Å². The van der Waals surface area contributed by atoms with Crippen molar-refractivity contribution in [2.45, 2.75) is 13.3 Å². The highest BCUT2D eigenvalue weighted by Gasteiger charge is 2.10. The Hall–Kier alpha value is -3.60. The Labute approximate surface area is 164 Å². The third-order valence-corrected chi connectivity index (χ3v) is 4.17. The first-order valence-corrected chi connectivity index (χ1v) is 9.12. The summed E-state index contributed by atoms with van der Waals surface area (Å²) in [6.07, 6.45) is 0.217. The molecule has 0 aliphatic carbocycles. The fourth-order valence-corrected chi connectivity index (χ4v) is 2.80. The maximum Gasteiger partial charge on any atom is 0.411 e. The number of para-hydroxylation sites is 1. The Kier molecular flexibility index (Phi) is 6.41. The standard InChI is InChI=1S/C23H22N2O3/c1-2-28-23(27)24-20-14-12-18(13-15-20)22(26)25-21-11-7-6-10-19(21)16-17-8-4-3-5-9-17/h3-15H,2,16H2,1H3,(H,24,27)(H,25,26). The lowest BCUT2D eigenvalue weighted by atomic mass is 10.0. The van der Waals surface area contributed by atoms with E-state index >= 15 is 0 Å². The molecule has 0 bridgehead atoms. The van der Waals surface area contributed by atoms with Crippen molar-refractivity contribution in [3.63, 3.8) is 0 Å². The molecule has 2 amide bonds. The van der Waals surface area contributed by atoms with E-state index in [0.29, 0.717) is 17.9 Å². The van der Waals surface area contributed by atoms with E-state index in [1.807, 2.05) is 42.5 Å². The number of benzene rings is 3. The molecule has 0 fully saturated rings. The zero-order valence-corrected chi connectivity index (χ0v) is 15.6. The van der Waals surface area contributed by atoms with E-state index in [0.717, 1.165) is 17.7 Å². The molecule has 5 heteroatoms. The molecule has 142 valence electrons. The van der Waals surface area contributed by atoms with Crippen LogP contribution in [0, 0.1) is 0 Å². The van der Waals surface area contributed by atoms with Gasteiger partial charge in [0.05, 0.1) is 6.61 Å². The summed E-state index contributed by atoms with van der Waals surface area (Å²) in [4.78, 5) is 24.1. The SMILES string of the molecule is CCOC(=O)Nc1ccc(C(=O)Nc2ccccc2Cc2ccccc2)cc1. The van der Waals surface area contributed by atoms with Crippen LogP contribution in [-0.4, -0.2) is 18.6 Å². The van der Waals surface area contributed by atoms with Crippen molar-refractivity contribution in [1.82, 2.24) is 0 Å². The van der Waals surface area contributed by atoms with Crippen molar-refractivity contribution in [2.75, 3.05) is 17.2 Å². The van der Waals surface area contributed by atoms with Crippen molar-refractivity contribution >= 4 is 23.4 Å². The van der Waals surface area contributed by atoms with Crippen molar-refractivity contribution in [3.05, 3.63) is 95.6 Å². The summed E-state index contributed by atoms with van der Waals surface area (Å²) in [6.45, 7) is 2.04. The second-order valence-electron chi connectivity index (χ2n) is 6.20. The molecule has 0 atom stereocenters. The average molecular weight is 374 g/mol. The Balaban J connectivity index is 1.69. The molecule has 3 aromatic carbocycles. The molecule has 0 aromatic heterocycles. The van der Waals surface area contributed by atoms with Gasteiger partial charge in [-0.2, -0.15) is 0 Å². The highest BCUT2D eigenvalue weighted by atomic mass is 16.5. The molecule has 0 aliphatic heterocycles. The van der Waals surface area contributed by atoms with Gasteiger partial charge in [-0.05, 0) is 54.8 Å². The summed E-state index contributed by atoms with van der Waals surface area (Å²) < 4.78 is 4.84. The van der Waals surface area contributed by atoms with Crippen LogP contribution in [0.3, 0.4) is 0 Å². The van der Waals surface area contributed by atoms with Gasteiger partial charge >= 0.3 is 6.09 Å². The summed E-state index contributed by atoms with van der Waals surface area (Å²) >= 11 is 0. The monoisotopic (exact) mass is 374 g/mol. The molecule has 0 saturated carbocycles. The Morgan fingerprint density at radius 2 is 1.50 bits per heavy atom. The van der Waals surface area contributed by atoms with Crippen molar-refractivity contribution in [3.8, 4) is 0 Å². The number of amides is 2. The summed E-state index contributed by atoms with van der Waals surface area (Å²) in [7, 11) is 0. The highest BCUT2D eigenvalue weighted by Crippen LogP contribution is 2.20. The molecular formula is C23H22N2O3. The largest absolute Gasteiger partial charge is 0.450 e. The fraction of sp³-hybridized carbons (Fsp3) is 0.130. The molecule has 0 unspecified atom stereocenters. The number of carbonyl (C=O) groups is 2. The van der Waals surface area contributed by atoms with E-state index in [9.17, 15) is 9.59 Å². The third kappa shape index (κ3) is 5.20. The van der Waals surface area contributed by atoms with Gasteiger partial charge in [0, 0.05) is 16.9 Å². The van der Waals surface area contributed by atoms with Crippen LogP contribution in [0.4, 0.5) is 16.2 Å². The Morgan fingerprint density at radius 3 is 2.21 bits per heavy atom. The normalized spacial score (nSPS) is 10.2. The second kappa shape index (κ2) is 9.37. The second-order valence-corrected chi connectivity index (χ2v) is 6.20. The van der Waals surface area contributed by atoms with Crippen molar-refractivity contribution in [1.29, 1.82) is 0 Å². The van der Waals surface area contributed by atoms with Gasteiger partial charge in [-0.15, -0.1) is 0 Å². The third-order valence-electron chi connectivity index (χ3n) is 4.17. The fourth-order valence-electron chi connectivity index (χ4n) is 2.80. The lowest BCUT2D eigenvalue weighted by Gasteiger charge is -2.12.